The van der Waals surface area contributed by atoms with Gasteiger partial charge in [-0.05, 0) is 30.5 Å². The molecule has 2 fully saturated rings. The molecule has 13 nitrogen and oxygen atoms in total. The Morgan fingerprint density at radius 3 is 2.54 bits per heavy atom. The molecule has 0 unspecified atom stereocenters. The predicted octanol–water partition coefficient (Wildman–Crippen LogP) is 3.22. The van der Waals surface area contributed by atoms with Gasteiger partial charge in [-0.1, -0.05) is 58.4 Å². The molecule has 0 radical (unpaired) electrons. The van der Waals surface area contributed by atoms with E-state index in [0.29, 0.717) is 42.9 Å². The van der Waals surface area contributed by atoms with E-state index in [-0.39, 0.29) is 30.2 Å². The molecule has 15 heteroatoms. The highest BCUT2D eigenvalue weighted by Crippen LogP contribution is 2.34. The molecule has 1 amide bonds. The molecule has 244 valence electrons. The number of piperidine rings is 1. The Morgan fingerprint density at radius 1 is 1.07 bits per heavy atom. The van der Waals surface area contributed by atoms with Gasteiger partial charge in [0.1, 0.15) is 42.5 Å². The first-order valence-electron chi connectivity index (χ1n) is 15.1. The number of aromatic nitrogens is 6. The van der Waals surface area contributed by atoms with E-state index in [0.717, 1.165) is 5.56 Å². The maximum atomic E-state index is 14.1. The minimum Gasteiger partial charge on any atom is -0.445 e. The van der Waals surface area contributed by atoms with Crippen LogP contribution in [0, 0.1) is 5.82 Å². The lowest BCUT2D eigenvalue weighted by molar-refractivity contribution is -0.212. The average Bonchev–Trinajstić information content (AvgIpc) is 3.76. The van der Waals surface area contributed by atoms with E-state index in [2.05, 4.69) is 20.6 Å². The van der Waals surface area contributed by atoms with Crippen LogP contribution in [0.4, 0.5) is 9.18 Å². The summed E-state index contributed by atoms with van der Waals surface area (Å²) in [5, 5.41) is 38.3. The zero-order chi connectivity index (χ0) is 32.2. The molecule has 0 aliphatic carbocycles. The summed E-state index contributed by atoms with van der Waals surface area (Å²) in [6.07, 6.45) is 1.33. The zero-order valence-electron chi connectivity index (χ0n) is 25.1. The van der Waals surface area contributed by atoms with Gasteiger partial charge in [0.2, 0.25) is 0 Å². The number of benzene rings is 2. The van der Waals surface area contributed by atoms with Crippen molar-refractivity contribution < 1.29 is 33.6 Å². The Labute approximate surface area is 269 Å². The summed E-state index contributed by atoms with van der Waals surface area (Å²) in [6.45, 7) is 0.858. The summed E-state index contributed by atoms with van der Waals surface area (Å²) in [5.41, 5.74) is 2.41. The number of nitrogens with zero attached hydrogens (tertiary/aromatic N) is 7. The highest BCUT2D eigenvalue weighted by atomic mass is 35.5. The molecule has 5 atom stereocenters. The Kier molecular flexibility index (Phi) is 9.89. The van der Waals surface area contributed by atoms with Crippen molar-refractivity contribution >= 4 is 17.7 Å². The number of halogens is 2. The van der Waals surface area contributed by atoms with Crippen molar-refractivity contribution in [1.29, 1.82) is 0 Å². The van der Waals surface area contributed by atoms with Crippen molar-refractivity contribution in [3.05, 3.63) is 83.0 Å². The molecule has 2 aliphatic rings. The number of carbonyl (C=O) groups excluding carboxylic acids is 1. The Balaban J connectivity index is 1.10. The fraction of sp³-hybridized carbons (Fsp3) is 0.452. The zero-order valence-corrected chi connectivity index (χ0v) is 25.9. The topological polar surface area (TPSA) is 150 Å². The first-order chi connectivity index (χ1) is 22.3. The summed E-state index contributed by atoms with van der Waals surface area (Å²) in [4.78, 5) is 14.3. The fourth-order valence-electron chi connectivity index (χ4n) is 6.06. The van der Waals surface area contributed by atoms with Crippen LogP contribution in [0.2, 0.25) is 5.02 Å². The molecule has 4 heterocycles. The number of ether oxygens (including phenoxy) is 3. The normalized spacial score (nSPS) is 23.8. The number of aliphatic hydroxyl groups excluding tert-OH is 2. The largest absolute Gasteiger partial charge is 0.445 e. The lowest BCUT2D eigenvalue weighted by atomic mass is 9.90. The van der Waals surface area contributed by atoms with Gasteiger partial charge in [0.15, 0.2) is 0 Å². The smallest absolute Gasteiger partial charge is 0.410 e. The van der Waals surface area contributed by atoms with Crippen molar-refractivity contribution in [1.82, 2.24) is 34.9 Å². The molecule has 6 rings (SSSR count). The molecule has 0 bridgehead atoms. The van der Waals surface area contributed by atoms with Gasteiger partial charge < -0.3 is 29.3 Å². The number of carbonyl (C=O) groups is 1. The standard InChI is InChI=1S/C31H35ClFN7O6/c1-44-30-26(46-27(17-41)29(42)28(30)40-16-25(35-37-40)20-7-8-23(32)24(33)13-20)14-21-15-39(36-34-21)22-9-11-38(12-10-22)31(43)45-18-19-5-3-2-4-6-19/h2-8,13,15-16,22,26-30,41-42H,9-12,14,17-18H2,1H3/t26-,27-,28+,29+,30+/m1/s1. The van der Waals surface area contributed by atoms with Crippen molar-refractivity contribution in [2.24, 2.45) is 0 Å². The van der Waals surface area contributed by atoms with E-state index in [1.54, 1.807) is 21.8 Å². The molecule has 46 heavy (non-hydrogen) atoms. The minimum atomic E-state index is -1.18. The number of likely N-dealkylation sites (tertiary alicyclic amines) is 1. The van der Waals surface area contributed by atoms with Crippen molar-refractivity contribution in [3.8, 4) is 11.3 Å². The molecule has 2 N–H and O–H groups in total. The summed E-state index contributed by atoms with van der Waals surface area (Å²) in [7, 11) is 1.50. The monoisotopic (exact) mass is 655 g/mol. The van der Waals surface area contributed by atoms with Crippen molar-refractivity contribution in [2.45, 2.75) is 62.4 Å². The number of rotatable bonds is 9. The fourth-order valence-corrected chi connectivity index (χ4v) is 6.17. The highest BCUT2D eigenvalue weighted by molar-refractivity contribution is 6.30. The molecule has 2 aromatic carbocycles. The van der Waals surface area contributed by atoms with Gasteiger partial charge in [0, 0.05) is 38.4 Å². The molecule has 0 saturated carbocycles. The van der Waals surface area contributed by atoms with Gasteiger partial charge >= 0.3 is 6.09 Å². The van der Waals surface area contributed by atoms with E-state index in [1.165, 1.54) is 23.9 Å². The molecule has 0 spiro atoms. The van der Waals surface area contributed by atoms with Crippen LogP contribution in [-0.4, -0.2) is 102 Å². The van der Waals surface area contributed by atoms with Gasteiger partial charge in [-0.3, -0.25) is 0 Å². The molecular formula is C31H35ClFN7O6. The molecular weight excluding hydrogens is 621 g/mol. The van der Waals surface area contributed by atoms with Crippen LogP contribution in [-0.2, 0) is 27.2 Å². The Bertz CT molecular complexity index is 1620. The maximum absolute atomic E-state index is 14.1. The maximum Gasteiger partial charge on any atom is 0.410 e. The molecule has 2 aromatic heterocycles. The molecule has 4 aromatic rings. The van der Waals surface area contributed by atoms with E-state index in [1.807, 2.05) is 36.5 Å². The summed E-state index contributed by atoms with van der Waals surface area (Å²) in [6, 6.07) is 13.1. The molecule has 2 aliphatic heterocycles. The SMILES string of the molecule is CO[C@@H]1[C@@H](n2cc(-c3ccc(Cl)c(F)c3)nn2)[C@@H](O)[C@@H](CO)O[C@@H]1Cc1cn(C2CCN(C(=O)OCc3ccccc3)CC2)nn1. The number of hydrogen-bond acceptors (Lipinski definition) is 10. The second-order valence-corrected chi connectivity index (χ2v) is 11.8. The van der Waals surface area contributed by atoms with Crippen LogP contribution < -0.4 is 0 Å². The number of amides is 1. The predicted molar refractivity (Wildman–Crippen MR) is 162 cm³/mol. The third-order valence-corrected chi connectivity index (χ3v) is 8.84. The second-order valence-electron chi connectivity index (χ2n) is 11.4. The average molecular weight is 656 g/mol. The van der Waals surface area contributed by atoms with Gasteiger partial charge in [0.05, 0.1) is 35.7 Å². The van der Waals surface area contributed by atoms with E-state index >= 15 is 0 Å². The Morgan fingerprint density at radius 2 is 1.83 bits per heavy atom. The highest BCUT2D eigenvalue weighted by Gasteiger charge is 2.47. The van der Waals surface area contributed by atoms with Crippen molar-refractivity contribution in [3.63, 3.8) is 0 Å². The summed E-state index contributed by atoms with van der Waals surface area (Å²) < 4.78 is 34.7. The minimum absolute atomic E-state index is 0.00862. The number of hydrogen-bond donors (Lipinski definition) is 2. The van der Waals surface area contributed by atoms with Gasteiger partial charge in [-0.2, -0.15) is 0 Å². The van der Waals surface area contributed by atoms with Gasteiger partial charge in [-0.15, -0.1) is 10.2 Å². The first-order valence-corrected chi connectivity index (χ1v) is 15.4. The summed E-state index contributed by atoms with van der Waals surface area (Å²) in [5.74, 6) is -0.588. The van der Waals surface area contributed by atoms with Gasteiger partial charge in [0.25, 0.3) is 0 Å². The van der Waals surface area contributed by atoms with Crippen LogP contribution in [0.25, 0.3) is 11.3 Å². The van der Waals surface area contributed by atoms with Crippen LogP contribution in [0.5, 0.6) is 0 Å². The van der Waals surface area contributed by atoms with E-state index in [4.69, 9.17) is 25.8 Å². The van der Waals surface area contributed by atoms with E-state index < -0.39 is 42.9 Å². The second kappa shape index (κ2) is 14.2. The molecule has 2 saturated heterocycles. The third-order valence-electron chi connectivity index (χ3n) is 8.54. The van der Waals surface area contributed by atoms with Crippen LogP contribution in [0.3, 0.4) is 0 Å². The van der Waals surface area contributed by atoms with E-state index in [9.17, 15) is 19.4 Å². The van der Waals surface area contributed by atoms with Gasteiger partial charge in [-0.25, -0.2) is 18.5 Å². The lowest BCUT2D eigenvalue weighted by Gasteiger charge is -2.43. The van der Waals surface area contributed by atoms with Crippen LogP contribution >= 0.6 is 11.6 Å². The number of methoxy groups -OCH3 is 1. The third kappa shape index (κ3) is 6.90. The number of aliphatic hydroxyl groups is 2. The quantitative estimate of drug-likeness (QED) is 0.275. The first kappa shape index (κ1) is 32.0. The van der Waals surface area contributed by atoms with Crippen LogP contribution in [0.1, 0.15) is 36.2 Å². The lowest BCUT2D eigenvalue weighted by Crippen LogP contribution is -2.57. The summed E-state index contributed by atoms with van der Waals surface area (Å²) >= 11 is 5.82. The Hall–Kier alpha value is -3.95. The van der Waals surface area contributed by atoms with Crippen molar-refractivity contribution in [2.75, 3.05) is 26.8 Å². The van der Waals surface area contributed by atoms with Crippen LogP contribution in [0.15, 0.2) is 60.9 Å².